The van der Waals surface area contributed by atoms with E-state index >= 15 is 0 Å². The van der Waals surface area contributed by atoms with E-state index in [1.807, 2.05) is 23.5 Å². The van der Waals surface area contributed by atoms with E-state index in [0.29, 0.717) is 0 Å². The third-order valence-corrected chi connectivity index (χ3v) is 12.0. The molecule has 2 aromatic heterocycles. The van der Waals surface area contributed by atoms with Crippen LogP contribution in [0.2, 0.25) is 0 Å². The zero-order valence-electron chi connectivity index (χ0n) is 30.3. The van der Waals surface area contributed by atoms with Gasteiger partial charge >= 0.3 is 0 Å². The summed E-state index contributed by atoms with van der Waals surface area (Å²) >= 11 is 1.85. The molecular weight excluding hydrogens is 699 g/mol. The highest BCUT2D eigenvalue weighted by Gasteiger charge is 2.20. The van der Waals surface area contributed by atoms with Crippen molar-refractivity contribution in [2.75, 3.05) is 4.90 Å². The number of aromatic nitrogens is 2. The van der Waals surface area contributed by atoms with Crippen molar-refractivity contribution in [2.45, 2.75) is 0 Å². The molecule has 0 saturated carbocycles. The van der Waals surface area contributed by atoms with Crippen LogP contribution in [-0.4, -0.2) is 9.97 Å². The fraction of sp³-hybridized carbons (Fsp3) is 0. The molecule has 0 radical (unpaired) electrons. The molecule has 0 unspecified atom stereocenters. The number of hydrogen-bond donors (Lipinski definition) is 0. The van der Waals surface area contributed by atoms with Gasteiger partial charge in [-0.3, -0.25) is 0 Å². The predicted octanol–water partition coefficient (Wildman–Crippen LogP) is 14.8. The second kappa shape index (κ2) is 13.3. The molecule has 0 saturated heterocycles. The highest BCUT2D eigenvalue weighted by atomic mass is 32.1. The van der Waals surface area contributed by atoms with Crippen LogP contribution >= 0.6 is 11.3 Å². The van der Waals surface area contributed by atoms with Gasteiger partial charge in [-0.2, -0.15) is 0 Å². The summed E-state index contributed by atoms with van der Waals surface area (Å²) in [5.41, 5.74) is 11.3. The van der Waals surface area contributed by atoms with Gasteiger partial charge in [-0.05, 0) is 70.3 Å². The normalized spacial score (nSPS) is 11.6. The Bertz CT molecular complexity index is 3250. The van der Waals surface area contributed by atoms with Gasteiger partial charge in [0.1, 0.15) is 0 Å². The Labute approximate surface area is 328 Å². The molecule has 9 aromatic carbocycles. The van der Waals surface area contributed by atoms with Gasteiger partial charge in [-0.15, -0.1) is 11.3 Å². The molecule has 0 atom stereocenters. The van der Waals surface area contributed by atoms with Crippen molar-refractivity contribution in [3.8, 4) is 33.6 Å². The average molecular weight is 732 g/mol. The minimum absolute atomic E-state index is 0.877. The maximum atomic E-state index is 5.47. The lowest BCUT2D eigenvalue weighted by Gasteiger charge is -2.28. The second-order valence-corrected chi connectivity index (χ2v) is 15.2. The Kier molecular flexibility index (Phi) is 7.68. The third kappa shape index (κ3) is 5.42. The first kappa shape index (κ1) is 32.3. The summed E-state index contributed by atoms with van der Waals surface area (Å²) in [5.74, 6) is 0. The Morgan fingerprint density at radius 3 is 1.77 bits per heavy atom. The molecule has 0 N–H and O–H groups in total. The number of thiophene rings is 1. The van der Waals surface area contributed by atoms with E-state index in [4.69, 9.17) is 9.97 Å². The maximum absolute atomic E-state index is 5.47. The van der Waals surface area contributed by atoms with Crippen molar-refractivity contribution in [1.29, 1.82) is 0 Å². The van der Waals surface area contributed by atoms with Crippen molar-refractivity contribution in [3.05, 3.63) is 200 Å². The van der Waals surface area contributed by atoms with Crippen LogP contribution in [0.5, 0.6) is 0 Å². The number of nitrogens with zero attached hydrogens (tertiary/aromatic N) is 3. The molecule has 56 heavy (non-hydrogen) atoms. The van der Waals surface area contributed by atoms with Crippen molar-refractivity contribution in [2.24, 2.45) is 0 Å². The predicted molar refractivity (Wildman–Crippen MR) is 238 cm³/mol. The number of para-hydroxylation sites is 1. The standard InChI is InChI=1S/C52H33N3S/c1-4-14-34(15-5-1)41-20-10-12-22-46(41)55(40-28-31-48-44(33-40)43-21-11-13-23-47(43)56-48)39-27-29-42-38(32-39)25-24-35-26-30-45-52(49(35)42)54-51(37-18-8-3-9-19-37)50(53-45)36-16-6-2-7-17-36/h1-33H. The largest absolute Gasteiger partial charge is 0.310 e. The van der Waals surface area contributed by atoms with Crippen molar-refractivity contribution >= 4 is 81.1 Å². The highest BCUT2D eigenvalue weighted by molar-refractivity contribution is 7.25. The van der Waals surface area contributed by atoms with Crippen molar-refractivity contribution in [1.82, 2.24) is 9.97 Å². The molecule has 2 heterocycles. The van der Waals surface area contributed by atoms with Crippen LogP contribution in [0.1, 0.15) is 0 Å². The fourth-order valence-electron chi connectivity index (χ4n) is 8.20. The molecule has 11 aromatic rings. The molecule has 0 aliphatic rings. The molecule has 0 aliphatic carbocycles. The lowest BCUT2D eigenvalue weighted by atomic mass is 9.97. The van der Waals surface area contributed by atoms with E-state index in [-0.39, 0.29) is 0 Å². The molecule has 4 heteroatoms. The van der Waals surface area contributed by atoms with E-state index in [0.717, 1.165) is 72.2 Å². The molecule has 11 rings (SSSR count). The van der Waals surface area contributed by atoms with Crippen LogP contribution in [0, 0.1) is 0 Å². The second-order valence-electron chi connectivity index (χ2n) is 14.2. The Balaban J connectivity index is 1.15. The number of rotatable bonds is 6. The molecular formula is C52H33N3S. The van der Waals surface area contributed by atoms with Gasteiger partial charge in [-0.1, -0.05) is 152 Å². The van der Waals surface area contributed by atoms with Gasteiger partial charge in [-0.25, -0.2) is 9.97 Å². The van der Waals surface area contributed by atoms with Crippen molar-refractivity contribution < 1.29 is 0 Å². The quantitative estimate of drug-likeness (QED) is 0.159. The van der Waals surface area contributed by atoms with Gasteiger partial charge in [0.2, 0.25) is 0 Å². The van der Waals surface area contributed by atoms with E-state index < -0.39 is 0 Å². The van der Waals surface area contributed by atoms with Gasteiger partial charge in [0.15, 0.2) is 0 Å². The summed E-state index contributed by atoms with van der Waals surface area (Å²) in [5, 5.41) is 7.09. The van der Waals surface area contributed by atoms with Crippen LogP contribution in [0.4, 0.5) is 17.1 Å². The zero-order chi connectivity index (χ0) is 37.0. The first-order valence-corrected chi connectivity index (χ1v) is 19.7. The van der Waals surface area contributed by atoms with E-state index in [1.165, 1.54) is 31.3 Å². The van der Waals surface area contributed by atoms with Crippen molar-refractivity contribution in [3.63, 3.8) is 0 Å². The monoisotopic (exact) mass is 731 g/mol. The Morgan fingerprint density at radius 1 is 0.393 bits per heavy atom. The number of anilines is 3. The molecule has 0 fully saturated rings. The molecule has 0 aliphatic heterocycles. The SMILES string of the molecule is c1ccc(-c2ccccc2N(c2ccc3c(ccc4ccc5nc(-c6ccccc6)c(-c6ccccc6)nc5c43)c2)c2ccc3sc4ccccc4c3c2)cc1. The Hall–Kier alpha value is -7.14. The van der Waals surface area contributed by atoms with E-state index in [2.05, 4.69) is 193 Å². The molecule has 0 amide bonds. The zero-order valence-corrected chi connectivity index (χ0v) is 31.1. The molecule has 3 nitrogen and oxygen atoms in total. The Morgan fingerprint density at radius 2 is 0.982 bits per heavy atom. The van der Waals surface area contributed by atoms with Gasteiger partial charge in [0.25, 0.3) is 0 Å². The van der Waals surface area contributed by atoms with Crippen LogP contribution in [0.3, 0.4) is 0 Å². The van der Waals surface area contributed by atoms with Crippen LogP contribution in [0.25, 0.3) is 86.4 Å². The summed E-state index contributed by atoms with van der Waals surface area (Å²) in [6.07, 6.45) is 0. The fourth-order valence-corrected chi connectivity index (χ4v) is 9.29. The topological polar surface area (TPSA) is 29.0 Å². The highest BCUT2D eigenvalue weighted by Crippen LogP contribution is 2.45. The molecule has 0 spiro atoms. The summed E-state index contributed by atoms with van der Waals surface area (Å²) in [6, 6.07) is 71.5. The summed E-state index contributed by atoms with van der Waals surface area (Å²) in [7, 11) is 0. The van der Waals surface area contributed by atoms with Gasteiger partial charge in [0.05, 0.1) is 28.1 Å². The van der Waals surface area contributed by atoms with Gasteiger partial charge < -0.3 is 4.90 Å². The first-order chi connectivity index (χ1) is 27.8. The van der Waals surface area contributed by atoms with Crippen LogP contribution in [-0.2, 0) is 0 Å². The minimum Gasteiger partial charge on any atom is -0.310 e. The summed E-state index contributed by atoms with van der Waals surface area (Å²) < 4.78 is 2.59. The molecule has 262 valence electrons. The molecule has 0 bridgehead atoms. The smallest absolute Gasteiger partial charge is 0.0979 e. The van der Waals surface area contributed by atoms with Crippen LogP contribution < -0.4 is 4.90 Å². The number of fused-ring (bicyclic) bond motifs is 8. The lowest BCUT2D eigenvalue weighted by molar-refractivity contribution is 1.29. The average Bonchev–Trinajstić information content (AvgIpc) is 3.65. The van der Waals surface area contributed by atoms with Gasteiger partial charge in [0, 0.05) is 53.6 Å². The summed E-state index contributed by atoms with van der Waals surface area (Å²) in [6.45, 7) is 0. The number of benzene rings is 9. The van der Waals surface area contributed by atoms with Crippen LogP contribution in [0.15, 0.2) is 200 Å². The number of hydrogen-bond acceptors (Lipinski definition) is 4. The van der Waals surface area contributed by atoms with E-state index in [1.54, 1.807) is 0 Å². The lowest BCUT2D eigenvalue weighted by Crippen LogP contribution is -2.11. The third-order valence-electron chi connectivity index (χ3n) is 10.8. The minimum atomic E-state index is 0.877. The maximum Gasteiger partial charge on any atom is 0.0979 e. The van der Waals surface area contributed by atoms with E-state index in [9.17, 15) is 0 Å². The first-order valence-electron chi connectivity index (χ1n) is 18.9. The summed E-state index contributed by atoms with van der Waals surface area (Å²) in [4.78, 5) is 13.2.